The van der Waals surface area contributed by atoms with Crippen LogP contribution in [0.3, 0.4) is 0 Å². The van der Waals surface area contributed by atoms with E-state index in [0.717, 1.165) is 16.8 Å². The molecule has 2 heterocycles. The Bertz CT molecular complexity index is 603. The SMILES string of the molecule is c1cc(NCc2ccoc2)cc(-c2nn[nH]n2)c1. The van der Waals surface area contributed by atoms with Crippen molar-refractivity contribution in [1.29, 1.82) is 0 Å². The largest absolute Gasteiger partial charge is 0.472 e. The van der Waals surface area contributed by atoms with Crippen molar-refractivity contribution in [3.8, 4) is 11.4 Å². The van der Waals surface area contributed by atoms with Gasteiger partial charge < -0.3 is 9.73 Å². The highest BCUT2D eigenvalue weighted by Gasteiger charge is 2.03. The van der Waals surface area contributed by atoms with E-state index in [0.29, 0.717) is 12.4 Å². The van der Waals surface area contributed by atoms with Crippen LogP contribution in [0.25, 0.3) is 11.4 Å². The molecular weight excluding hydrogens is 230 g/mol. The summed E-state index contributed by atoms with van der Waals surface area (Å²) in [5, 5.41) is 17.2. The average molecular weight is 241 g/mol. The van der Waals surface area contributed by atoms with Crippen LogP contribution in [0, 0.1) is 0 Å². The maximum Gasteiger partial charge on any atom is 0.204 e. The first-order valence-electron chi connectivity index (χ1n) is 5.50. The Balaban J connectivity index is 1.75. The Hall–Kier alpha value is -2.63. The van der Waals surface area contributed by atoms with Crippen molar-refractivity contribution >= 4 is 5.69 Å². The van der Waals surface area contributed by atoms with Crippen molar-refractivity contribution in [3.63, 3.8) is 0 Å². The summed E-state index contributed by atoms with van der Waals surface area (Å²) in [7, 11) is 0. The first-order valence-corrected chi connectivity index (χ1v) is 5.50. The first-order chi connectivity index (χ1) is 8.92. The zero-order chi connectivity index (χ0) is 12.2. The van der Waals surface area contributed by atoms with E-state index in [2.05, 4.69) is 25.9 Å². The van der Waals surface area contributed by atoms with Crippen molar-refractivity contribution in [2.24, 2.45) is 0 Å². The van der Waals surface area contributed by atoms with Gasteiger partial charge in [-0.3, -0.25) is 0 Å². The number of anilines is 1. The molecule has 0 aliphatic carbocycles. The fourth-order valence-corrected chi connectivity index (χ4v) is 1.65. The molecule has 6 heteroatoms. The summed E-state index contributed by atoms with van der Waals surface area (Å²) in [6.45, 7) is 0.714. The summed E-state index contributed by atoms with van der Waals surface area (Å²) in [6.07, 6.45) is 3.38. The minimum atomic E-state index is 0.585. The molecule has 0 aliphatic rings. The van der Waals surface area contributed by atoms with E-state index in [1.165, 1.54) is 0 Å². The third kappa shape index (κ3) is 2.22. The van der Waals surface area contributed by atoms with Crippen molar-refractivity contribution in [1.82, 2.24) is 20.6 Å². The van der Waals surface area contributed by atoms with Gasteiger partial charge in [0.05, 0.1) is 12.5 Å². The molecule has 2 aromatic heterocycles. The van der Waals surface area contributed by atoms with Crippen molar-refractivity contribution in [2.45, 2.75) is 6.54 Å². The number of hydrogen-bond donors (Lipinski definition) is 2. The summed E-state index contributed by atoms with van der Waals surface area (Å²) in [6, 6.07) is 9.78. The van der Waals surface area contributed by atoms with Crippen LogP contribution >= 0.6 is 0 Å². The first kappa shape index (κ1) is 10.5. The number of nitrogens with one attached hydrogen (secondary N) is 2. The van der Waals surface area contributed by atoms with Gasteiger partial charge in [-0.05, 0) is 23.4 Å². The van der Waals surface area contributed by atoms with E-state index in [4.69, 9.17) is 4.42 Å². The number of nitrogens with zero attached hydrogens (tertiary/aromatic N) is 3. The van der Waals surface area contributed by atoms with E-state index < -0.39 is 0 Å². The lowest BCUT2D eigenvalue weighted by Crippen LogP contribution is -1.98. The summed E-state index contributed by atoms with van der Waals surface area (Å²) >= 11 is 0. The third-order valence-electron chi connectivity index (χ3n) is 2.54. The van der Waals surface area contributed by atoms with Crippen molar-refractivity contribution in [3.05, 3.63) is 48.4 Å². The molecule has 6 nitrogen and oxygen atoms in total. The summed E-state index contributed by atoms with van der Waals surface area (Å²) in [4.78, 5) is 0. The highest BCUT2D eigenvalue weighted by molar-refractivity contribution is 5.61. The van der Waals surface area contributed by atoms with E-state index in [-0.39, 0.29) is 0 Å². The van der Waals surface area contributed by atoms with Crippen LogP contribution in [0.2, 0.25) is 0 Å². The molecule has 0 bridgehead atoms. The van der Waals surface area contributed by atoms with Gasteiger partial charge in [0.1, 0.15) is 0 Å². The molecule has 0 amide bonds. The number of tetrazole rings is 1. The summed E-state index contributed by atoms with van der Waals surface area (Å²) in [5.74, 6) is 0.585. The van der Waals surface area contributed by atoms with Crippen molar-refractivity contribution < 1.29 is 4.42 Å². The summed E-state index contributed by atoms with van der Waals surface area (Å²) < 4.78 is 5.01. The van der Waals surface area contributed by atoms with Gasteiger partial charge in [0.2, 0.25) is 5.82 Å². The number of aromatic amines is 1. The van der Waals surface area contributed by atoms with Crippen molar-refractivity contribution in [2.75, 3.05) is 5.32 Å². The number of furan rings is 1. The molecule has 0 fully saturated rings. The van der Waals surface area contributed by atoms with Crippen LogP contribution in [-0.4, -0.2) is 20.6 Å². The predicted molar refractivity (Wildman–Crippen MR) is 65.6 cm³/mol. The molecule has 0 radical (unpaired) electrons. The van der Waals surface area contributed by atoms with Gasteiger partial charge in [0.15, 0.2) is 0 Å². The molecular formula is C12H11N5O. The van der Waals surface area contributed by atoms with Crippen LogP contribution in [0.5, 0.6) is 0 Å². The maximum atomic E-state index is 5.01. The number of rotatable bonds is 4. The summed E-state index contributed by atoms with van der Waals surface area (Å²) in [5.41, 5.74) is 3.01. The molecule has 3 aromatic rings. The molecule has 0 atom stereocenters. The number of benzene rings is 1. The number of hydrogen-bond acceptors (Lipinski definition) is 5. The smallest absolute Gasteiger partial charge is 0.204 e. The molecule has 90 valence electrons. The topological polar surface area (TPSA) is 79.6 Å². The van der Waals surface area contributed by atoms with Crippen LogP contribution in [0.4, 0.5) is 5.69 Å². The second-order valence-electron chi connectivity index (χ2n) is 3.80. The van der Waals surface area contributed by atoms with E-state index >= 15 is 0 Å². The predicted octanol–water partition coefficient (Wildman–Crippen LogP) is 2.07. The lowest BCUT2D eigenvalue weighted by molar-refractivity contribution is 0.564. The Kier molecular flexibility index (Phi) is 2.75. The molecule has 2 N–H and O–H groups in total. The van der Waals surface area contributed by atoms with E-state index in [1.807, 2.05) is 30.3 Å². The second kappa shape index (κ2) is 4.70. The average Bonchev–Trinajstić information content (AvgIpc) is 3.10. The van der Waals surface area contributed by atoms with E-state index in [1.54, 1.807) is 12.5 Å². The molecule has 0 unspecified atom stereocenters. The Morgan fingerprint density at radius 3 is 3.06 bits per heavy atom. The quantitative estimate of drug-likeness (QED) is 0.731. The van der Waals surface area contributed by atoms with Gasteiger partial charge in [0.25, 0.3) is 0 Å². The van der Waals surface area contributed by atoms with Gasteiger partial charge >= 0.3 is 0 Å². The normalized spacial score (nSPS) is 10.4. The minimum absolute atomic E-state index is 0.585. The van der Waals surface area contributed by atoms with E-state index in [9.17, 15) is 0 Å². The highest BCUT2D eigenvalue weighted by atomic mass is 16.3. The Labute approximate surface area is 103 Å². The third-order valence-corrected chi connectivity index (χ3v) is 2.54. The number of aromatic nitrogens is 4. The van der Waals surface area contributed by atoms with Crippen LogP contribution in [0.15, 0.2) is 47.3 Å². The molecule has 18 heavy (non-hydrogen) atoms. The van der Waals surface area contributed by atoms with Crippen LogP contribution in [-0.2, 0) is 6.54 Å². The van der Waals surface area contributed by atoms with Gasteiger partial charge in [-0.15, -0.1) is 10.2 Å². The molecule has 0 aliphatic heterocycles. The van der Waals surface area contributed by atoms with Gasteiger partial charge in [-0.25, -0.2) is 0 Å². The monoisotopic (exact) mass is 241 g/mol. The fourth-order valence-electron chi connectivity index (χ4n) is 1.65. The minimum Gasteiger partial charge on any atom is -0.472 e. The lowest BCUT2D eigenvalue weighted by atomic mass is 10.2. The Morgan fingerprint density at radius 1 is 1.28 bits per heavy atom. The fraction of sp³-hybridized carbons (Fsp3) is 0.0833. The molecule has 0 saturated carbocycles. The second-order valence-corrected chi connectivity index (χ2v) is 3.80. The highest BCUT2D eigenvalue weighted by Crippen LogP contribution is 2.18. The Morgan fingerprint density at radius 2 is 2.28 bits per heavy atom. The zero-order valence-electron chi connectivity index (χ0n) is 9.50. The lowest BCUT2D eigenvalue weighted by Gasteiger charge is -2.05. The van der Waals surface area contributed by atoms with Gasteiger partial charge in [-0.1, -0.05) is 12.1 Å². The molecule has 3 rings (SSSR count). The standard InChI is InChI=1S/C12H11N5O/c1-2-10(12-14-16-17-15-12)6-11(3-1)13-7-9-4-5-18-8-9/h1-6,8,13H,7H2,(H,14,15,16,17). The van der Waals surface area contributed by atoms with Crippen LogP contribution in [0.1, 0.15) is 5.56 Å². The molecule has 0 spiro atoms. The van der Waals surface area contributed by atoms with Gasteiger partial charge in [-0.2, -0.15) is 5.21 Å². The molecule has 0 saturated heterocycles. The molecule has 1 aromatic carbocycles. The van der Waals surface area contributed by atoms with Crippen LogP contribution < -0.4 is 5.32 Å². The maximum absolute atomic E-state index is 5.01. The number of H-pyrrole nitrogens is 1. The zero-order valence-corrected chi connectivity index (χ0v) is 9.50. The van der Waals surface area contributed by atoms with Gasteiger partial charge in [0, 0.05) is 23.4 Å².